The first-order valence-corrected chi connectivity index (χ1v) is 14.5. The molecular weight excluding hydrogens is 614 g/mol. The topological polar surface area (TPSA) is 72.3 Å². The zero-order valence-corrected chi connectivity index (χ0v) is 25.8. The second-order valence-electron chi connectivity index (χ2n) is 10.3. The van der Waals surface area contributed by atoms with E-state index in [0.29, 0.717) is 26.8 Å². The molecule has 4 aromatic rings. The number of aliphatic hydroxyl groups excluding tert-OH is 1. The maximum atomic E-state index is 12.6. The van der Waals surface area contributed by atoms with E-state index >= 15 is 0 Å². The molecule has 43 heavy (non-hydrogen) atoms. The molecule has 0 bridgehead atoms. The van der Waals surface area contributed by atoms with E-state index in [2.05, 4.69) is 9.97 Å². The van der Waals surface area contributed by atoms with Gasteiger partial charge < -0.3 is 9.84 Å². The largest absolute Gasteiger partial charge is 0.469 e. The minimum absolute atomic E-state index is 0.0377. The summed E-state index contributed by atoms with van der Waals surface area (Å²) >= 11 is 2.76. The van der Waals surface area contributed by atoms with Crippen LogP contribution in [-0.4, -0.2) is 34.8 Å². The average molecular weight is 645 g/mol. The molecule has 2 aromatic carbocycles. The number of rotatable bonds is 6. The monoisotopic (exact) mass is 644 g/mol. The highest BCUT2D eigenvalue weighted by Crippen LogP contribution is 2.37. The molecule has 0 radical (unpaired) electrons. The highest BCUT2D eigenvalue weighted by Gasteiger charge is 2.31. The molecule has 232 valence electrons. The Hall–Kier alpha value is -3.29. The molecule has 0 aliphatic heterocycles. The number of hydrogen-bond acceptors (Lipinski definition) is 7. The molecule has 2 heterocycles. The maximum absolute atomic E-state index is 12.6. The maximum Gasteiger partial charge on any atom is 0.416 e. The predicted octanol–water partition coefficient (Wildman–Crippen LogP) is 8.82. The molecule has 0 saturated carbocycles. The first-order chi connectivity index (χ1) is 19.9. The van der Waals surface area contributed by atoms with E-state index in [0.717, 1.165) is 39.7 Å². The van der Waals surface area contributed by atoms with Crippen LogP contribution in [0, 0.1) is 13.8 Å². The summed E-state index contributed by atoms with van der Waals surface area (Å²) in [5.41, 5.74) is 0.769. The quantitative estimate of drug-likeness (QED) is 0.168. The molecule has 0 amide bonds. The van der Waals surface area contributed by atoms with Gasteiger partial charge in [-0.1, -0.05) is 38.1 Å². The van der Waals surface area contributed by atoms with Crippen LogP contribution in [0.3, 0.4) is 0 Å². The number of aryl methyl sites for hydroxylation is 2. The molecule has 13 heteroatoms. The number of nitrogens with zero attached hydrogens (tertiary/aromatic N) is 2. The summed E-state index contributed by atoms with van der Waals surface area (Å²) in [5, 5.41) is 10.7. The Morgan fingerprint density at radius 2 is 1.23 bits per heavy atom. The number of benzene rings is 2. The van der Waals surface area contributed by atoms with E-state index in [1.807, 2.05) is 27.7 Å². The van der Waals surface area contributed by atoms with Gasteiger partial charge in [0.2, 0.25) is 0 Å². The molecule has 1 N–H and O–H groups in total. The number of carbonyl (C=O) groups is 1. The van der Waals surface area contributed by atoms with E-state index in [-0.39, 0.29) is 6.61 Å². The lowest BCUT2D eigenvalue weighted by Gasteiger charge is -2.19. The standard InChI is InChI=1S/C15H14F3NO2S.C15H16F3NOS/c1-8(14(20)21-3)12-9(2)22-13(19-12)10-4-6-11(7-5-10)15(16,17)18;1-9-12(14(2,3)8-20)19-13(21-9)10-4-6-11(7-5-10)15(16,17)18/h4-8H,1-3H3;4-7,20H,8H2,1-3H3. The Kier molecular flexibility index (Phi) is 10.5. The molecule has 2 aromatic heterocycles. The lowest BCUT2D eigenvalue weighted by atomic mass is 9.90. The Morgan fingerprint density at radius 3 is 1.63 bits per heavy atom. The third-order valence-corrected chi connectivity index (χ3v) is 8.60. The summed E-state index contributed by atoms with van der Waals surface area (Å²) in [6, 6.07) is 9.78. The summed E-state index contributed by atoms with van der Waals surface area (Å²) < 4.78 is 80.0. The van der Waals surface area contributed by atoms with Crippen LogP contribution in [0.2, 0.25) is 0 Å². The molecule has 0 spiro atoms. The summed E-state index contributed by atoms with van der Waals surface area (Å²) in [5.74, 6) is -0.906. The molecular formula is C30H30F6N2O3S2. The van der Waals surface area contributed by atoms with Crippen LogP contribution in [0.15, 0.2) is 48.5 Å². The van der Waals surface area contributed by atoms with Crippen molar-refractivity contribution in [1.82, 2.24) is 9.97 Å². The van der Waals surface area contributed by atoms with Gasteiger partial charge in [-0.25, -0.2) is 9.97 Å². The van der Waals surface area contributed by atoms with Crippen LogP contribution in [0.1, 0.15) is 59.0 Å². The van der Waals surface area contributed by atoms with Crippen molar-refractivity contribution in [3.8, 4) is 21.1 Å². The highest BCUT2D eigenvalue weighted by atomic mass is 32.1. The van der Waals surface area contributed by atoms with Crippen LogP contribution in [0.25, 0.3) is 21.1 Å². The number of alkyl halides is 6. The number of hydrogen-bond donors (Lipinski definition) is 1. The van der Waals surface area contributed by atoms with E-state index < -0.39 is 40.8 Å². The predicted molar refractivity (Wildman–Crippen MR) is 155 cm³/mol. The fourth-order valence-corrected chi connectivity index (χ4v) is 6.16. The highest BCUT2D eigenvalue weighted by molar-refractivity contribution is 7.15. The summed E-state index contributed by atoms with van der Waals surface area (Å²) in [7, 11) is 1.30. The Bertz CT molecular complexity index is 1540. The van der Waals surface area contributed by atoms with Crippen LogP contribution in [0.5, 0.6) is 0 Å². The van der Waals surface area contributed by atoms with E-state index in [1.54, 1.807) is 6.92 Å². The smallest absolute Gasteiger partial charge is 0.416 e. The van der Waals surface area contributed by atoms with Crippen molar-refractivity contribution in [2.24, 2.45) is 0 Å². The minimum atomic E-state index is -4.36. The van der Waals surface area contributed by atoms with Crippen molar-refractivity contribution >= 4 is 28.6 Å². The van der Waals surface area contributed by atoms with Gasteiger partial charge in [0.1, 0.15) is 10.0 Å². The summed E-state index contributed by atoms with van der Waals surface area (Å²) in [4.78, 5) is 22.3. The third kappa shape index (κ3) is 8.21. The second-order valence-corrected chi connectivity index (χ2v) is 12.7. The number of thiazole rings is 2. The first kappa shape index (κ1) is 34.2. The van der Waals surface area contributed by atoms with Gasteiger partial charge in [0.25, 0.3) is 0 Å². The fourth-order valence-electron chi connectivity index (χ4n) is 4.05. The van der Waals surface area contributed by atoms with Crippen molar-refractivity contribution in [3.05, 3.63) is 80.8 Å². The van der Waals surface area contributed by atoms with Crippen LogP contribution >= 0.6 is 22.7 Å². The summed E-state index contributed by atoms with van der Waals surface area (Å²) in [6.45, 7) is 9.13. The summed E-state index contributed by atoms with van der Waals surface area (Å²) in [6.07, 6.45) is -8.69. The molecule has 0 fully saturated rings. The van der Waals surface area contributed by atoms with Crippen molar-refractivity contribution in [2.45, 2.75) is 58.3 Å². The number of ether oxygens (including phenoxy) is 1. The van der Waals surface area contributed by atoms with Crippen LogP contribution in [-0.2, 0) is 27.3 Å². The average Bonchev–Trinajstić information content (AvgIpc) is 3.54. The van der Waals surface area contributed by atoms with Gasteiger partial charge in [0, 0.05) is 26.3 Å². The molecule has 5 nitrogen and oxygen atoms in total. The van der Waals surface area contributed by atoms with E-state index in [1.165, 1.54) is 54.0 Å². The fraction of sp³-hybridized carbons (Fsp3) is 0.367. The number of halogens is 6. The molecule has 4 rings (SSSR count). The normalized spacial score (nSPS) is 12.9. The number of methoxy groups -OCH3 is 1. The lowest BCUT2D eigenvalue weighted by molar-refractivity contribution is -0.142. The number of carbonyl (C=O) groups excluding carboxylic acids is 1. The van der Waals surface area contributed by atoms with Crippen molar-refractivity contribution in [2.75, 3.05) is 13.7 Å². The van der Waals surface area contributed by atoms with Gasteiger partial charge in [-0.15, -0.1) is 22.7 Å². The zero-order valence-electron chi connectivity index (χ0n) is 24.1. The zero-order chi connectivity index (χ0) is 32.3. The molecule has 0 aliphatic rings. The van der Waals surface area contributed by atoms with Gasteiger partial charge in [0.15, 0.2) is 0 Å². The molecule has 0 aliphatic carbocycles. The van der Waals surface area contributed by atoms with Crippen LogP contribution < -0.4 is 0 Å². The van der Waals surface area contributed by atoms with Gasteiger partial charge in [-0.2, -0.15) is 26.3 Å². The van der Waals surface area contributed by atoms with Crippen molar-refractivity contribution in [3.63, 3.8) is 0 Å². The Balaban J connectivity index is 0.000000236. The van der Waals surface area contributed by atoms with Gasteiger partial charge >= 0.3 is 18.3 Å². The molecule has 0 saturated heterocycles. The minimum Gasteiger partial charge on any atom is -0.469 e. The van der Waals surface area contributed by atoms with Crippen LogP contribution in [0.4, 0.5) is 26.3 Å². The van der Waals surface area contributed by atoms with Gasteiger partial charge in [0.05, 0.1) is 42.1 Å². The van der Waals surface area contributed by atoms with E-state index in [9.17, 15) is 36.2 Å². The van der Waals surface area contributed by atoms with Gasteiger partial charge in [-0.3, -0.25) is 4.79 Å². The van der Waals surface area contributed by atoms with E-state index in [4.69, 9.17) is 4.74 Å². The molecule has 1 atom stereocenters. The van der Waals surface area contributed by atoms with Crippen molar-refractivity contribution in [1.29, 1.82) is 0 Å². The first-order valence-electron chi connectivity index (χ1n) is 12.9. The Labute approximate surface area is 253 Å². The SMILES string of the molecule is COC(=O)C(C)c1nc(-c2ccc(C(F)(F)F)cc2)sc1C.Cc1sc(-c2ccc(C(F)(F)F)cc2)nc1C(C)(C)CO. The number of aliphatic hydroxyl groups is 1. The third-order valence-electron chi connectivity index (χ3n) is 6.55. The Morgan fingerprint density at radius 1 is 0.814 bits per heavy atom. The molecule has 1 unspecified atom stereocenters. The second kappa shape index (κ2) is 13.1. The van der Waals surface area contributed by atoms with Gasteiger partial charge in [-0.05, 0) is 45.0 Å². The lowest BCUT2D eigenvalue weighted by Crippen LogP contribution is -2.23. The van der Waals surface area contributed by atoms with Crippen molar-refractivity contribution < 1.29 is 41.0 Å². The number of esters is 1. The number of aromatic nitrogens is 2.